The molecule has 8 heteroatoms. The minimum absolute atomic E-state index is 0.0358. The number of rotatable bonds is 2. The molecule has 0 aliphatic heterocycles. The Morgan fingerprint density at radius 1 is 0.727 bits per heavy atom. The molecular weight excluding hydrogens is 312 g/mol. The van der Waals surface area contributed by atoms with Crippen molar-refractivity contribution in [3.05, 3.63) is 58.5 Å². The summed E-state index contributed by atoms with van der Waals surface area (Å²) in [7, 11) is 0. The van der Waals surface area contributed by atoms with Crippen LogP contribution >= 0.6 is 0 Å². The van der Waals surface area contributed by atoms with Crippen molar-refractivity contribution in [1.82, 2.24) is 0 Å². The highest BCUT2D eigenvalue weighted by molar-refractivity contribution is 5.68. The Labute approximate surface area is 120 Å². The summed E-state index contributed by atoms with van der Waals surface area (Å²) < 4.78 is 76.6. The smallest absolute Gasteiger partial charge is 0.166 e. The molecule has 2 rings (SSSR count). The minimum Gasteiger partial charge on any atom is -0.166 e. The van der Waals surface area contributed by atoms with E-state index in [4.69, 9.17) is 0 Å². The third-order valence-corrected chi connectivity index (χ3v) is 2.87. The number of nitrogens with zero attached hydrogens (tertiary/aromatic N) is 1. The van der Waals surface area contributed by atoms with Gasteiger partial charge in [0.15, 0.2) is 0 Å². The highest BCUT2D eigenvalue weighted by Crippen LogP contribution is 2.39. The fourth-order valence-corrected chi connectivity index (χ4v) is 1.86. The number of halogens is 6. The molecule has 0 aliphatic rings. The standard InChI is InChI=1S/C14H7F6NO/c15-13(16,17)10-4-9(5-11(7-10)14(18,19)20)8-2-1-3-12(6-8)21-22/h1-7H. The Morgan fingerprint density at radius 3 is 1.73 bits per heavy atom. The predicted molar refractivity (Wildman–Crippen MR) is 67.3 cm³/mol. The van der Waals surface area contributed by atoms with E-state index in [9.17, 15) is 31.2 Å². The van der Waals surface area contributed by atoms with Gasteiger partial charge in [0.05, 0.1) is 11.1 Å². The van der Waals surface area contributed by atoms with Crippen LogP contribution in [0.4, 0.5) is 32.0 Å². The molecule has 0 atom stereocenters. The minimum atomic E-state index is -4.92. The van der Waals surface area contributed by atoms with Crippen LogP contribution in [-0.2, 0) is 12.4 Å². The Balaban J connectivity index is 2.67. The Bertz CT molecular complexity index is 673. The quantitative estimate of drug-likeness (QED) is 0.509. The fourth-order valence-electron chi connectivity index (χ4n) is 1.86. The van der Waals surface area contributed by atoms with Crippen LogP contribution in [0.5, 0.6) is 0 Å². The van der Waals surface area contributed by atoms with Crippen LogP contribution in [0.3, 0.4) is 0 Å². The van der Waals surface area contributed by atoms with Crippen molar-refractivity contribution >= 4 is 5.69 Å². The Morgan fingerprint density at radius 2 is 1.27 bits per heavy atom. The molecule has 0 aliphatic carbocycles. The zero-order chi connectivity index (χ0) is 16.5. The molecule has 0 heterocycles. The van der Waals surface area contributed by atoms with E-state index in [1.54, 1.807) is 0 Å². The normalized spacial score (nSPS) is 12.3. The SMILES string of the molecule is O=Nc1cccc(-c2cc(C(F)(F)F)cc(C(F)(F)F)c2)c1. The molecule has 0 radical (unpaired) electrons. The summed E-state index contributed by atoms with van der Waals surface area (Å²) in [6, 6.07) is 6.25. The third kappa shape index (κ3) is 3.44. The topological polar surface area (TPSA) is 29.4 Å². The van der Waals surface area contributed by atoms with Gasteiger partial charge in [0, 0.05) is 0 Å². The van der Waals surface area contributed by atoms with Crippen molar-refractivity contribution in [3.8, 4) is 11.1 Å². The highest BCUT2D eigenvalue weighted by Gasteiger charge is 2.36. The molecule has 0 saturated carbocycles. The van der Waals surface area contributed by atoms with Gasteiger partial charge in [-0.3, -0.25) is 0 Å². The van der Waals surface area contributed by atoms with Crippen LogP contribution in [0.25, 0.3) is 11.1 Å². The lowest BCUT2D eigenvalue weighted by Crippen LogP contribution is -2.11. The van der Waals surface area contributed by atoms with Crippen LogP contribution in [-0.4, -0.2) is 0 Å². The van der Waals surface area contributed by atoms with Gasteiger partial charge in [-0.05, 0) is 46.6 Å². The second-order valence-electron chi connectivity index (χ2n) is 4.44. The van der Waals surface area contributed by atoms with Crippen molar-refractivity contribution < 1.29 is 26.3 Å². The highest BCUT2D eigenvalue weighted by atomic mass is 19.4. The molecule has 0 bridgehead atoms. The Hall–Kier alpha value is -2.38. The van der Waals surface area contributed by atoms with Crippen molar-refractivity contribution in [3.63, 3.8) is 0 Å². The molecule has 0 unspecified atom stereocenters. The van der Waals surface area contributed by atoms with Crippen LogP contribution in [0.1, 0.15) is 11.1 Å². The Kier molecular flexibility index (Phi) is 3.95. The molecule has 0 N–H and O–H groups in total. The zero-order valence-corrected chi connectivity index (χ0v) is 10.7. The van der Waals surface area contributed by atoms with Crippen molar-refractivity contribution in [1.29, 1.82) is 0 Å². The van der Waals surface area contributed by atoms with Gasteiger partial charge in [-0.15, -0.1) is 4.91 Å². The van der Waals surface area contributed by atoms with Gasteiger partial charge in [0.25, 0.3) is 0 Å². The summed E-state index contributed by atoms with van der Waals surface area (Å²) >= 11 is 0. The summed E-state index contributed by atoms with van der Waals surface area (Å²) in [5.74, 6) is 0. The van der Waals surface area contributed by atoms with Crippen LogP contribution in [0, 0.1) is 4.91 Å². The summed E-state index contributed by atoms with van der Waals surface area (Å²) in [5.41, 5.74) is -3.19. The maximum Gasteiger partial charge on any atom is 0.416 e. The maximum atomic E-state index is 12.8. The largest absolute Gasteiger partial charge is 0.416 e. The molecule has 22 heavy (non-hydrogen) atoms. The zero-order valence-electron chi connectivity index (χ0n) is 10.7. The lowest BCUT2D eigenvalue weighted by molar-refractivity contribution is -0.143. The van der Waals surface area contributed by atoms with E-state index in [0.717, 1.165) is 6.07 Å². The lowest BCUT2D eigenvalue weighted by Gasteiger charge is -2.14. The van der Waals surface area contributed by atoms with Gasteiger partial charge in [-0.2, -0.15) is 26.3 Å². The predicted octanol–water partition coefficient (Wildman–Crippen LogP) is 5.79. The van der Waals surface area contributed by atoms with Crippen molar-refractivity contribution in [2.45, 2.75) is 12.4 Å². The number of benzene rings is 2. The van der Waals surface area contributed by atoms with E-state index >= 15 is 0 Å². The summed E-state index contributed by atoms with van der Waals surface area (Å²) in [6.07, 6.45) is -9.84. The number of hydrogen-bond acceptors (Lipinski definition) is 2. The van der Waals surface area contributed by atoms with Gasteiger partial charge in [0.2, 0.25) is 0 Å². The monoisotopic (exact) mass is 319 g/mol. The number of nitroso groups, excluding NO2 is 1. The van der Waals surface area contributed by atoms with Crippen molar-refractivity contribution in [2.24, 2.45) is 5.18 Å². The molecule has 0 spiro atoms. The van der Waals surface area contributed by atoms with E-state index in [0.29, 0.717) is 12.1 Å². The van der Waals surface area contributed by atoms with Crippen LogP contribution in [0.2, 0.25) is 0 Å². The fraction of sp³-hybridized carbons (Fsp3) is 0.143. The molecule has 2 aromatic rings. The van der Waals surface area contributed by atoms with Crippen LogP contribution in [0.15, 0.2) is 47.6 Å². The average Bonchev–Trinajstić information content (AvgIpc) is 2.45. The first-order valence-corrected chi connectivity index (χ1v) is 5.84. The second kappa shape index (κ2) is 5.43. The van der Waals surface area contributed by atoms with Gasteiger partial charge in [-0.1, -0.05) is 12.1 Å². The van der Waals surface area contributed by atoms with E-state index in [1.807, 2.05) is 0 Å². The van der Waals surface area contributed by atoms with Gasteiger partial charge < -0.3 is 0 Å². The third-order valence-electron chi connectivity index (χ3n) is 2.87. The number of hydrogen-bond donors (Lipinski definition) is 0. The molecular formula is C14H7F6NO. The molecule has 0 aromatic heterocycles. The molecule has 116 valence electrons. The molecule has 0 saturated heterocycles. The second-order valence-corrected chi connectivity index (χ2v) is 4.44. The molecule has 0 amide bonds. The van der Waals surface area contributed by atoms with Gasteiger partial charge in [-0.25, -0.2) is 0 Å². The first kappa shape index (κ1) is 16.0. The van der Waals surface area contributed by atoms with E-state index < -0.39 is 23.5 Å². The lowest BCUT2D eigenvalue weighted by atomic mass is 9.99. The summed E-state index contributed by atoms with van der Waals surface area (Å²) in [5, 5.41) is 2.60. The first-order chi connectivity index (χ1) is 10.1. The van der Waals surface area contributed by atoms with E-state index in [2.05, 4.69) is 5.18 Å². The molecule has 0 fully saturated rings. The first-order valence-electron chi connectivity index (χ1n) is 5.84. The van der Waals surface area contributed by atoms with Gasteiger partial charge >= 0.3 is 12.4 Å². The maximum absolute atomic E-state index is 12.8. The number of alkyl halides is 6. The summed E-state index contributed by atoms with van der Waals surface area (Å²) in [6.45, 7) is 0. The van der Waals surface area contributed by atoms with Crippen molar-refractivity contribution in [2.75, 3.05) is 0 Å². The van der Waals surface area contributed by atoms with Crippen LogP contribution < -0.4 is 0 Å². The summed E-state index contributed by atoms with van der Waals surface area (Å²) in [4.78, 5) is 10.4. The van der Waals surface area contributed by atoms with Gasteiger partial charge in [0.1, 0.15) is 5.69 Å². The molecule has 2 aromatic carbocycles. The van der Waals surface area contributed by atoms with E-state index in [1.165, 1.54) is 18.2 Å². The van der Waals surface area contributed by atoms with E-state index in [-0.39, 0.29) is 22.9 Å². The molecule has 2 nitrogen and oxygen atoms in total. The average molecular weight is 319 g/mol.